The van der Waals surface area contributed by atoms with E-state index in [2.05, 4.69) is 11.8 Å². The van der Waals surface area contributed by atoms with Crippen LogP contribution in [0.3, 0.4) is 0 Å². The molecular weight excluding hydrogens is 178 g/mol. The van der Waals surface area contributed by atoms with Crippen LogP contribution in [0.2, 0.25) is 0 Å². The van der Waals surface area contributed by atoms with Crippen molar-refractivity contribution in [3.63, 3.8) is 0 Å². The number of nitrogens with zero attached hydrogens (tertiary/aromatic N) is 1. The normalized spacial score (nSPS) is 25.8. The quantitative estimate of drug-likeness (QED) is 0.727. The van der Waals surface area contributed by atoms with Crippen molar-refractivity contribution < 1.29 is 9.90 Å². The van der Waals surface area contributed by atoms with E-state index in [1.165, 1.54) is 25.9 Å². The first-order chi connectivity index (χ1) is 6.60. The molecule has 1 unspecified atom stereocenters. The first kappa shape index (κ1) is 9.97. The molecule has 1 spiro atoms. The van der Waals surface area contributed by atoms with Gasteiger partial charge in [-0.15, -0.1) is 0 Å². The summed E-state index contributed by atoms with van der Waals surface area (Å²) in [6.07, 6.45) is 3.99. The lowest BCUT2D eigenvalue weighted by molar-refractivity contribution is -0.137. The highest BCUT2D eigenvalue weighted by molar-refractivity contribution is 5.66. The van der Waals surface area contributed by atoms with Crippen LogP contribution in [0.1, 0.15) is 32.6 Å². The predicted octanol–water partition coefficient (Wildman–Crippen LogP) is 1.58. The highest BCUT2D eigenvalue weighted by Gasteiger charge is 2.51. The molecule has 0 aromatic carbocycles. The Balaban J connectivity index is 1.58. The van der Waals surface area contributed by atoms with Crippen LogP contribution in [0, 0.1) is 11.3 Å². The zero-order valence-electron chi connectivity index (χ0n) is 8.83. The molecule has 1 aliphatic heterocycles. The largest absolute Gasteiger partial charge is 0.481 e. The van der Waals surface area contributed by atoms with Gasteiger partial charge in [0.15, 0.2) is 0 Å². The smallest absolute Gasteiger partial charge is 0.303 e. The molecule has 1 saturated carbocycles. The van der Waals surface area contributed by atoms with Gasteiger partial charge in [0.1, 0.15) is 0 Å². The Morgan fingerprint density at radius 1 is 1.50 bits per heavy atom. The fourth-order valence-corrected chi connectivity index (χ4v) is 2.43. The molecule has 0 aromatic rings. The Bertz CT molecular complexity index is 227. The summed E-state index contributed by atoms with van der Waals surface area (Å²) in [5.74, 6) is -0.138. The second-order valence-electron chi connectivity index (χ2n) is 5.21. The molecule has 0 radical (unpaired) electrons. The van der Waals surface area contributed by atoms with Gasteiger partial charge in [0, 0.05) is 26.1 Å². The highest BCUT2D eigenvalue weighted by Crippen LogP contribution is 2.52. The Morgan fingerprint density at radius 2 is 2.14 bits per heavy atom. The van der Waals surface area contributed by atoms with Crippen molar-refractivity contribution >= 4 is 5.97 Å². The van der Waals surface area contributed by atoms with Gasteiger partial charge in [0.05, 0.1) is 0 Å². The molecule has 0 amide bonds. The fraction of sp³-hybridized carbons (Fsp3) is 0.909. The zero-order valence-corrected chi connectivity index (χ0v) is 8.83. The third-order valence-electron chi connectivity index (χ3n) is 3.50. The van der Waals surface area contributed by atoms with Crippen LogP contribution < -0.4 is 0 Å². The van der Waals surface area contributed by atoms with Crippen molar-refractivity contribution in [2.75, 3.05) is 19.6 Å². The van der Waals surface area contributed by atoms with Crippen LogP contribution in [0.5, 0.6) is 0 Å². The Kier molecular flexibility index (Phi) is 2.52. The van der Waals surface area contributed by atoms with E-state index >= 15 is 0 Å². The molecule has 3 nitrogen and oxygen atoms in total. The van der Waals surface area contributed by atoms with Crippen molar-refractivity contribution in [3.05, 3.63) is 0 Å². The molecule has 2 rings (SSSR count). The molecule has 3 heteroatoms. The number of hydrogen-bond donors (Lipinski definition) is 1. The molecule has 1 saturated heterocycles. The summed E-state index contributed by atoms with van der Waals surface area (Å²) in [4.78, 5) is 12.8. The number of aliphatic carboxylic acids is 1. The van der Waals surface area contributed by atoms with Crippen LogP contribution in [-0.2, 0) is 4.79 Å². The first-order valence-electron chi connectivity index (χ1n) is 5.54. The van der Waals surface area contributed by atoms with E-state index in [1.807, 2.05) is 0 Å². The highest BCUT2D eigenvalue weighted by atomic mass is 16.4. The van der Waals surface area contributed by atoms with E-state index in [1.54, 1.807) is 0 Å². The van der Waals surface area contributed by atoms with Gasteiger partial charge in [-0.1, -0.05) is 6.92 Å². The molecule has 1 N–H and O–H groups in total. The average molecular weight is 197 g/mol. The number of rotatable bonds is 5. The summed E-state index contributed by atoms with van der Waals surface area (Å²) < 4.78 is 0. The molecule has 80 valence electrons. The van der Waals surface area contributed by atoms with Gasteiger partial charge in [-0.25, -0.2) is 0 Å². The number of hydrogen-bond acceptors (Lipinski definition) is 2. The first-order valence-corrected chi connectivity index (χ1v) is 5.54. The van der Waals surface area contributed by atoms with Gasteiger partial charge in [0.2, 0.25) is 0 Å². The topological polar surface area (TPSA) is 40.5 Å². The Labute approximate surface area is 85.1 Å². The summed E-state index contributed by atoms with van der Waals surface area (Å²) >= 11 is 0. The lowest BCUT2D eigenvalue weighted by atomic mass is 9.94. The number of carbonyl (C=O) groups is 1. The van der Waals surface area contributed by atoms with Gasteiger partial charge >= 0.3 is 5.97 Å². The Morgan fingerprint density at radius 3 is 2.64 bits per heavy atom. The minimum Gasteiger partial charge on any atom is -0.481 e. The molecule has 0 aromatic heterocycles. The van der Waals surface area contributed by atoms with E-state index < -0.39 is 5.97 Å². The molecule has 0 bridgehead atoms. The summed E-state index contributed by atoms with van der Waals surface area (Å²) in [6.45, 7) is 5.78. The summed E-state index contributed by atoms with van der Waals surface area (Å²) in [6, 6.07) is 0. The molecule has 1 aliphatic carbocycles. The second kappa shape index (κ2) is 3.54. The van der Waals surface area contributed by atoms with Crippen LogP contribution in [0.15, 0.2) is 0 Å². The molecule has 1 heterocycles. The van der Waals surface area contributed by atoms with E-state index in [0.717, 1.165) is 18.4 Å². The minimum absolute atomic E-state index is 0.320. The van der Waals surface area contributed by atoms with Crippen LogP contribution in [0.25, 0.3) is 0 Å². The second-order valence-corrected chi connectivity index (χ2v) is 5.21. The maximum Gasteiger partial charge on any atom is 0.303 e. The van der Waals surface area contributed by atoms with Crippen LogP contribution >= 0.6 is 0 Å². The van der Waals surface area contributed by atoms with Crippen molar-refractivity contribution in [2.45, 2.75) is 32.6 Å². The maximum atomic E-state index is 10.4. The summed E-state index contributed by atoms with van der Waals surface area (Å²) in [5, 5.41) is 8.55. The number of likely N-dealkylation sites (tertiary alicyclic amines) is 1. The van der Waals surface area contributed by atoms with Gasteiger partial charge in [-0.05, 0) is 30.6 Å². The van der Waals surface area contributed by atoms with Crippen molar-refractivity contribution in [2.24, 2.45) is 11.3 Å². The van der Waals surface area contributed by atoms with Crippen molar-refractivity contribution in [1.29, 1.82) is 0 Å². The standard InChI is InChI=1S/C11H19NO2/c1-9(2-3-10(13)14)6-12-7-11(8-12)4-5-11/h9H,2-8H2,1H3,(H,13,14). The van der Waals surface area contributed by atoms with Gasteiger partial charge < -0.3 is 10.0 Å². The van der Waals surface area contributed by atoms with E-state index in [-0.39, 0.29) is 0 Å². The zero-order chi connectivity index (χ0) is 10.2. The molecular formula is C11H19NO2. The molecule has 1 atom stereocenters. The monoisotopic (exact) mass is 197 g/mol. The van der Waals surface area contributed by atoms with Crippen LogP contribution in [-0.4, -0.2) is 35.6 Å². The van der Waals surface area contributed by atoms with Gasteiger partial charge in [-0.2, -0.15) is 0 Å². The third-order valence-corrected chi connectivity index (χ3v) is 3.50. The van der Waals surface area contributed by atoms with Crippen molar-refractivity contribution in [3.8, 4) is 0 Å². The maximum absolute atomic E-state index is 10.4. The fourth-order valence-electron chi connectivity index (χ4n) is 2.43. The minimum atomic E-state index is -0.667. The number of carboxylic acids is 1. The average Bonchev–Trinajstić information content (AvgIpc) is 2.80. The van der Waals surface area contributed by atoms with Gasteiger partial charge in [-0.3, -0.25) is 4.79 Å². The van der Waals surface area contributed by atoms with Crippen LogP contribution in [0.4, 0.5) is 0 Å². The number of carboxylic acid groups (broad SMARTS) is 1. The summed E-state index contributed by atoms with van der Waals surface area (Å²) in [5.41, 5.74) is 0.729. The molecule has 2 fully saturated rings. The third kappa shape index (κ3) is 2.27. The van der Waals surface area contributed by atoms with E-state index in [9.17, 15) is 4.79 Å². The predicted molar refractivity (Wildman–Crippen MR) is 54.1 cm³/mol. The van der Waals surface area contributed by atoms with Crippen molar-refractivity contribution in [1.82, 2.24) is 4.90 Å². The SMILES string of the molecule is CC(CCC(=O)O)CN1CC2(CC2)C1. The van der Waals surface area contributed by atoms with Gasteiger partial charge in [0.25, 0.3) is 0 Å². The summed E-state index contributed by atoms with van der Waals surface area (Å²) in [7, 11) is 0. The molecule has 14 heavy (non-hydrogen) atoms. The van der Waals surface area contributed by atoms with E-state index in [0.29, 0.717) is 12.3 Å². The van der Waals surface area contributed by atoms with E-state index in [4.69, 9.17) is 5.11 Å². The lowest BCUT2D eigenvalue weighted by Gasteiger charge is -2.41. The lowest BCUT2D eigenvalue weighted by Crippen LogP contribution is -2.49. The Hall–Kier alpha value is -0.570. The molecule has 2 aliphatic rings.